The van der Waals surface area contributed by atoms with Crippen LogP contribution in [0.3, 0.4) is 0 Å². The topological polar surface area (TPSA) is 25.8 Å². The highest BCUT2D eigenvalue weighted by Gasteiger charge is 2.07. The molecule has 0 bridgehead atoms. The van der Waals surface area contributed by atoms with Gasteiger partial charge in [0, 0.05) is 18.0 Å². The lowest BCUT2D eigenvalue weighted by Gasteiger charge is -2.00. The highest BCUT2D eigenvalue weighted by Crippen LogP contribution is 2.33. The third-order valence-corrected chi connectivity index (χ3v) is 8.87. The predicted molar refractivity (Wildman–Crippen MR) is 187 cm³/mol. The number of nitrogens with zero attached hydrogens (tertiary/aromatic N) is 2. The van der Waals surface area contributed by atoms with Crippen LogP contribution in [0, 0.1) is 6.92 Å². The SMILES string of the molecule is Cc1ccc2ccccc2c1.c1ccc(-c2cnc(-c3ccc4ccccc4c3)s2)cc1.c1ccc(-c2cncs2)cc1. The van der Waals surface area contributed by atoms with Crippen LogP contribution in [-0.2, 0) is 0 Å². The molecule has 0 aliphatic rings. The lowest BCUT2D eigenvalue weighted by Crippen LogP contribution is -1.76. The van der Waals surface area contributed by atoms with Crippen molar-refractivity contribution >= 4 is 44.2 Å². The molecule has 0 fully saturated rings. The molecule has 0 saturated carbocycles. The van der Waals surface area contributed by atoms with Crippen molar-refractivity contribution in [3.63, 3.8) is 0 Å². The van der Waals surface area contributed by atoms with E-state index in [0.29, 0.717) is 0 Å². The summed E-state index contributed by atoms with van der Waals surface area (Å²) in [6.07, 6.45) is 3.85. The van der Waals surface area contributed by atoms with Gasteiger partial charge < -0.3 is 0 Å². The Bertz CT molecular complexity index is 2030. The predicted octanol–water partition coefficient (Wildman–Crippen LogP) is 11.6. The van der Waals surface area contributed by atoms with Crippen molar-refractivity contribution in [1.82, 2.24) is 9.97 Å². The first-order valence-electron chi connectivity index (χ1n) is 14.1. The van der Waals surface area contributed by atoms with Crippen LogP contribution in [0.4, 0.5) is 0 Å². The average Bonchev–Trinajstić information content (AvgIpc) is 3.80. The van der Waals surface area contributed by atoms with E-state index < -0.39 is 0 Å². The molecule has 0 aliphatic heterocycles. The first-order chi connectivity index (χ1) is 21.2. The van der Waals surface area contributed by atoms with Crippen molar-refractivity contribution in [3.8, 4) is 31.5 Å². The van der Waals surface area contributed by atoms with E-state index in [-0.39, 0.29) is 0 Å². The van der Waals surface area contributed by atoms with Crippen LogP contribution in [0.25, 0.3) is 53.0 Å². The Balaban J connectivity index is 0.000000126. The number of aryl methyl sites for hydroxylation is 1. The highest BCUT2D eigenvalue weighted by molar-refractivity contribution is 7.18. The minimum absolute atomic E-state index is 1.07. The van der Waals surface area contributed by atoms with E-state index in [4.69, 9.17) is 0 Å². The van der Waals surface area contributed by atoms with Crippen molar-refractivity contribution in [2.45, 2.75) is 6.92 Å². The van der Waals surface area contributed by atoms with Gasteiger partial charge in [0.2, 0.25) is 0 Å². The zero-order valence-electron chi connectivity index (χ0n) is 23.8. The van der Waals surface area contributed by atoms with Gasteiger partial charge in [-0.25, -0.2) is 4.98 Å². The van der Waals surface area contributed by atoms with Crippen molar-refractivity contribution in [2.75, 3.05) is 0 Å². The van der Waals surface area contributed by atoms with Crippen molar-refractivity contribution < 1.29 is 0 Å². The van der Waals surface area contributed by atoms with Gasteiger partial charge >= 0.3 is 0 Å². The maximum absolute atomic E-state index is 4.59. The maximum Gasteiger partial charge on any atom is 0.123 e. The number of thiazole rings is 2. The lowest BCUT2D eigenvalue weighted by molar-refractivity contribution is 1.42. The Morgan fingerprint density at radius 1 is 0.465 bits per heavy atom. The van der Waals surface area contributed by atoms with Crippen molar-refractivity contribution in [1.29, 1.82) is 0 Å². The molecule has 0 spiro atoms. The van der Waals surface area contributed by atoms with Crippen molar-refractivity contribution in [3.05, 3.63) is 169 Å². The molecule has 8 aromatic rings. The summed E-state index contributed by atoms with van der Waals surface area (Å²) in [5.41, 5.74) is 6.82. The summed E-state index contributed by atoms with van der Waals surface area (Å²) in [5, 5.41) is 6.23. The Hall–Kier alpha value is -4.90. The number of hydrogen-bond donors (Lipinski definition) is 0. The normalized spacial score (nSPS) is 10.4. The molecule has 6 aromatic carbocycles. The minimum Gasteiger partial charge on any atom is -0.252 e. The van der Waals surface area contributed by atoms with Crippen LogP contribution in [-0.4, -0.2) is 9.97 Å². The van der Waals surface area contributed by atoms with E-state index in [0.717, 1.165) is 5.01 Å². The second-order valence-corrected chi connectivity index (χ2v) is 12.0. The third-order valence-electron chi connectivity index (χ3n) is 6.96. The van der Waals surface area contributed by atoms with Gasteiger partial charge in [-0.2, -0.15) is 0 Å². The maximum atomic E-state index is 4.59. The quantitative estimate of drug-likeness (QED) is 0.205. The Labute approximate surface area is 260 Å². The average molecular weight is 591 g/mol. The molecule has 208 valence electrons. The number of benzene rings is 6. The number of hydrogen-bond acceptors (Lipinski definition) is 4. The molecule has 0 N–H and O–H groups in total. The van der Waals surface area contributed by atoms with Gasteiger partial charge in [0.25, 0.3) is 0 Å². The summed E-state index contributed by atoms with van der Waals surface area (Å²) in [6.45, 7) is 2.12. The fraction of sp³-hybridized carbons (Fsp3) is 0.0256. The summed E-state index contributed by atoms with van der Waals surface area (Å²) in [6, 6.07) is 50.5. The molecule has 0 aliphatic carbocycles. The zero-order chi connectivity index (χ0) is 29.3. The Kier molecular flexibility index (Phi) is 9.09. The second kappa shape index (κ2) is 13.8. The summed E-state index contributed by atoms with van der Waals surface area (Å²) >= 11 is 3.40. The molecule has 0 unspecified atom stereocenters. The van der Waals surface area contributed by atoms with Crippen LogP contribution in [0.2, 0.25) is 0 Å². The van der Waals surface area contributed by atoms with Gasteiger partial charge in [0.1, 0.15) is 5.01 Å². The van der Waals surface area contributed by atoms with Gasteiger partial charge in [0.05, 0.1) is 15.3 Å². The molecule has 2 aromatic heterocycles. The van der Waals surface area contributed by atoms with Gasteiger partial charge in [-0.1, -0.05) is 145 Å². The second-order valence-electron chi connectivity index (χ2n) is 10.0. The van der Waals surface area contributed by atoms with Crippen LogP contribution in [0.15, 0.2) is 163 Å². The Morgan fingerprint density at radius 2 is 1.02 bits per heavy atom. The Morgan fingerprint density at radius 3 is 1.65 bits per heavy atom. The van der Waals surface area contributed by atoms with Crippen LogP contribution >= 0.6 is 22.7 Å². The molecule has 43 heavy (non-hydrogen) atoms. The van der Waals surface area contributed by atoms with Crippen LogP contribution in [0.5, 0.6) is 0 Å². The van der Waals surface area contributed by atoms with Gasteiger partial charge in [-0.15, -0.1) is 22.7 Å². The minimum atomic E-state index is 1.07. The largest absolute Gasteiger partial charge is 0.252 e. The standard InChI is InChI=1S/C19H13NS.C11H10.C9H7NS/c1-2-7-15(8-3-1)18-13-20-19(21-18)17-11-10-14-6-4-5-9-16(14)12-17;1-9-6-7-10-4-2-3-5-11(10)8-9;1-2-4-8(5-3-1)9-6-10-7-11-9/h1-13H;2-8H,1H3;1-7H. The van der Waals surface area contributed by atoms with Gasteiger partial charge in [0.15, 0.2) is 0 Å². The molecule has 0 saturated heterocycles. The van der Waals surface area contributed by atoms with E-state index in [1.807, 2.05) is 42.2 Å². The highest BCUT2D eigenvalue weighted by atomic mass is 32.1. The number of fused-ring (bicyclic) bond motifs is 2. The van der Waals surface area contributed by atoms with E-state index >= 15 is 0 Å². The summed E-state index contributed by atoms with van der Waals surface area (Å²) in [4.78, 5) is 11.0. The zero-order valence-corrected chi connectivity index (χ0v) is 25.4. The molecule has 2 heterocycles. The molecule has 2 nitrogen and oxygen atoms in total. The first-order valence-corrected chi connectivity index (χ1v) is 15.8. The lowest BCUT2D eigenvalue weighted by atomic mass is 10.1. The molecule has 0 radical (unpaired) electrons. The molecular formula is C39H30N2S2. The smallest absolute Gasteiger partial charge is 0.123 e. The first kappa shape index (κ1) is 28.2. The summed E-state index contributed by atoms with van der Waals surface area (Å²) < 4.78 is 0. The monoisotopic (exact) mass is 590 g/mol. The van der Waals surface area contributed by atoms with Crippen molar-refractivity contribution in [2.24, 2.45) is 0 Å². The van der Waals surface area contributed by atoms with Gasteiger partial charge in [-0.05, 0) is 45.7 Å². The fourth-order valence-corrected chi connectivity index (χ4v) is 6.28. The molecule has 4 heteroatoms. The molecule has 0 atom stereocenters. The van der Waals surface area contributed by atoms with E-state index in [1.54, 1.807) is 22.7 Å². The van der Waals surface area contributed by atoms with E-state index in [1.165, 1.54) is 53.6 Å². The summed E-state index contributed by atoms with van der Waals surface area (Å²) in [7, 11) is 0. The fourth-order valence-electron chi connectivity index (χ4n) is 4.74. The van der Waals surface area contributed by atoms with E-state index in [9.17, 15) is 0 Å². The number of rotatable bonds is 3. The third kappa shape index (κ3) is 7.31. The summed E-state index contributed by atoms with van der Waals surface area (Å²) in [5.74, 6) is 0. The van der Waals surface area contributed by atoms with E-state index in [2.05, 4.69) is 138 Å². The molecule has 8 rings (SSSR count). The molecule has 0 amide bonds. The van der Waals surface area contributed by atoms with Crippen LogP contribution < -0.4 is 0 Å². The van der Waals surface area contributed by atoms with Crippen LogP contribution in [0.1, 0.15) is 5.56 Å². The molecular weight excluding hydrogens is 561 g/mol. The van der Waals surface area contributed by atoms with Gasteiger partial charge in [-0.3, -0.25) is 4.98 Å². The number of aromatic nitrogens is 2.